The molecule has 6 heteroatoms. The molecule has 19 heavy (non-hydrogen) atoms. The van der Waals surface area contributed by atoms with Crippen LogP contribution in [0, 0.1) is 10.1 Å². The fourth-order valence-corrected chi connectivity index (χ4v) is 3.85. The highest BCUT2D eigenvalue weighted by molar-refractivity contribution is 9.08. The summed E-state index contributed by atoms with van der Waals surface area (Å²) in [5, 5.41) is 11.4. The first kappa shape index (κ1) is 14.7. The van der Waals surface area contributed by atoms with E-state index in [4.69, 9.17) is 0 Å². The fourth-order valence-electron chi connectivity index (χ4n) is 2.29. The van der Waals surface area contributed by atoms with E-state index in [0.717, 1.165) is 30.1 Å². The molecule has 1 heterocycles. The molecule has 0 unspecified atom stereocenters. The van der Waals surface area contributed by atoms with Gasteiger partial charge < -0.3 is 4.90 Å². The summed E-state index contributed by atoms with van der Waals surface area (Å²) >= 11 is 5.31. The standard InChI is InChI=1S/C13H17BrN2O2S/c1-13(2)9-15(5-6-19-13)11-3-4-12(16(17)18)10(7-11)8-14/h3-4,7H,5-6,8-9H2,1-2H3. The summed E-state index contributed by atoms with van der Waals surface area (Å²) in [5.41, 5.74) is 2.00. The molecule has 1 aliphatic rings. The summed E-state index contributed by atoms with van der Waals surface area (Å²) in [5.74, 6) is 1.09. The van der Waals surface area contributed by atoms with Crippen molar-refractivity contribution in [2.24, 2.45) is 0 Å². The van der Waals surface area contributed by atoms with Crippen LogP contribution in [0.1, 0.15) is 19.4 Å². The molecule has 1 aromatic rings. The molecule has 0 N–H and O–H groups in total. The maximum atomic E-state index is 10.9. The van der Waals surface area contributed by atoms with Gasteiger partial charge in [-0.2, -0.15) is 11.8 Å². The Bertz CT molecular complexity index is 494. The summed E-state index contributed by atoms with van der Waals surface area (Å²) in [7, 11) is 0. The van der Waals surface area contributed by atoms with Crippen LogP contribution < -0.4 is 4.90 Å². The highest BCUT2D eigenvalue weighted by atomic mass is 79.9. The minimum Gasteiger partial charge on any atom is -0.369 e. The monoisotopic (exact) mass is 344 g/mol. The van der Waals surface area contributed by atoms with Crippen LogP contribution in [-0.2, 0) is 5.33 Å². The molecule has 0 atom stereocenters. The second kappa shape index (κ2) is 5.71. The van der Waals surface area contributed by atoms with E-state index in [1.165, 1.54) is 0 Å². The smallest absolute Gasteiger partial charge is 0.273 e. The van der Waals surface area contributed by atoms with Crippen molar-refractivity contribution in [1.29, 1.82) is 0 Å². The average Bonchev–Trinajstić information content (AvgIpc) is 2.36. The lowest BCUT2D eigenvalue weighted by molar-refractivity contribution is -0.385. The first-order chi connectivity index (χ1) is 8.93. The van der Waals surface area contributed by atoms with Gasteiger partial charge in [-0.3, -0.25) is 10.1 Å². The topological polar surface area (TPSA) is 46.4 Å². The molecule has 0 bridgehead atoms. The van der Waals surface area contributed by atoms with Crippen LogP contribution in [0.5, 0.6) is 0 Å². The SMILES string of the molecule is CC1(C)CN(c2ccc([N+](=O)[O-])c(CBr)c2)CCS1. The zero-order valence-corrected chi connectivity index (χ0v) is 13.5. The number of halogens is 1. The van der Waals surface area contributed by atoms with Crippen molar-refractivity contribution in [2.45, 2.75) is 23.9 Å². The van der Waals surface area contributed by atoms with Crippen molar-refractivity contribution >= 4 is 39.1 Å². The van der Waals surface area contributed by atoms with Gasteiger partial charge in [0.05, 0.1) is 4.92 Å². The third-order valence-corrected chi connectivity index (χ3v) is 5.10. The Hall–Kier alpha value is -0.750. The van der Waals surface area contributed by atoms with E-state index in [2.05, 4.69) is 34.7 Å². The quantitative estimate of drug-likeness (QED) is 0.475. The maximum absolute atomic E-state index is 10.9. The van der Waals surface area contributed by atoms with Crippen molar-refractivity contribution in [2.75, 3.05) is 23.7 Å². The van der Waals surface area contributed by atoms with E-state index in [-0.39, 0.29) is 15.4 Å². The summed E-state index contributed by atoms with van der Waals surface area (Å²) in [4.78, 5) is 12.9. The molecular weight excluding hydrogens is 328 g/mol. The van der Waals surface area contributed by atoms with Crippen molar-refractivity contribution < 1.29 is 4.92 Å². The van der Waals surface area contributed by atoms with Gasteiger partial charge in [0.15, 0.2) is 0 Å². The number of rotatable bonds is 3. The molecule has 1 saturated heterocycles. The lowest BCUT2D eigenvalue weighted by Crippen LogP contribution is -2.43. The lowest BCUT2D eigenvalue weighted by Gasteiger charge is -2.39. The summed E-state index contributed by atoms with van der Waals surface area (Å²) in [6, 6.07) is 5.40. The number of benzene rings is 1. The second-order valence-corrected chi connectivity index (χ2v) is 7.60. The van der Waals surface area contributed by atoms with Gasteiger partial charge in [0, 0.05) is 46.2 Å². The van der Waals surface area contributed by atoms with E-state index in [1.807, 2.05) is 23.9 Å². The average molecular weight is 345 g/mol. The molecule has 2 rings (SSSR count). The number of nitro benzene ring substituents is 1. The number of alkyl halides is 1. The normalized spacial score (nSPS) is 18.4. The van der Waals surface area contributed by atoms with Gasteiger partial charge in [-0.25, -0.2) is 0 Å². The molecule has 0 amide bonds. The molecule has 1 aromatic carbocycles. The molecule has 1 aliphatic heterocycles. The Labute approximate surface area is 125 Å². The fraction of sp³-hybridized carbons (Fsp3) is 0.538. The molecule has 0 saturated carbocycles. The molecule has 0 aromatic heterocycles. The highest BCUT2D eigenvalue weighted by Crippen LogP contribution is 2.34. The van der Waals surface area contributed by atoms with Gasteiger partial charge in [-0.1, -0.05) is 15.9 Å². The number of thioether (sulfide) groups is 1. The largest absolute Gasteiger partial charge is 0.369 e. The first-order valence-electron chi connectivity index (χ1n) is 6.15. The van der Waals surface area contributed by atoms with Crippen LogP contribution in [0.3, 0.4) is 0 Å². The van der Waals surface area contributed by atoms with E-state index in [9.17, 15) is 10.1 Å². The minimum absolute atomic E-state index is 0.186. The van der Waals surface area contributed by atoms with Crippen molar-refractivity contribution in [3.63, 3.8) is 0 Å². The Morgan fingerprint density at radius 2 is 2.26 bits per heavy atom. The van der Waals surface area contributed by atoms with Crippen LogP contribution >= 0.6 is 27.7 Å². The van der Waals surface area contributed by atoms with Gasteiger partial charge in [0.2, 0.25) is 0 Å². The molecule has 1 fully saturated rings. The summed E-state index contributed by atoms with van der Waals surface area (Å²) in [6.45, 7) is 6.44. The number of nitrogens with zero attached hydrogens (tertiary/aromatic N) is 2. The molecule has 104 valence electrons. The molecule has 0 radical (unpaired) electrons. The van der Waals surface area contributed by atoms with Gasteiger partial charge >= 0.3 is 0 Å². The lowest BCUT2D eigenvalue weighted by atomic mass is 10.1. The van der Waals surface area contributed by atoms with E-state index in [1.54, 1.807) is 6.07 Å². The zero-order valence-electron chi connectivity index (χ0n) is 11.1. The third kappa shape index (κ3) is 3.42. The Kier molecular flexibility index (Phi) is 4.40. The van der Waals surface area contributed by atoms with Crippen LogP contribution in [0.2, 0.25) is 0 Å². The molecular formula is C13H17BrN2O2S. The molecule has 0 aliphatic carbocycles. The van der Waals surface area contributed by atoms with Gasteiger partial charge in [-0.15, -0.1) is 0 Å². The summed E-state index contributed by atoms with van der Waals surface area (Å²) < 4.78 is 0.231. The van der Waals surface area contributed by atoms with Crippen LogP contribution in [0.4, 0.5) is 11.4 Å². The van der Waals surface area contributed by atoms with Crippen LogP contribution in [0.25, 0.3) is 0 Å². The second-order valence-electron chi connectivity index (χ2n) is 5.23. The van der Waals surface area contributed by atoms with Gasteiger partial charge in [-0.05, 0) is 26.0 Å². The van der Waals surface area contributed by atoms with Gasteiger partial charge in [0.25, 0.3) is 5.69 Å². The van der Waals surface area contributed by atoms with Crippen molar-refractivity contribution in [3.05, 3.63) is 33.9 Å². The first-order valence-corrected chi connectivity index (χ1v) is 8.26. The van der Waals surface area contributed by atoms with Crippen molar-refractivity contribution in [1.82, 2.24) is 0 Å². The number of hydrogen-bond acceptors (Lipinski definition) is 4. The zero-order chi connectivity index (χ0) is 14.0. The van der Waals surface area contributed by atoms with E-state index in [0.29, 0.717) is 5.33 Å². The van der Waals surface area contributed by atoms with Crippen LogP contribution in [0.15, 0.2) is 18.2 Å². The van der Waals surface area contributed by atoms with E-state index >= 15 is 0 Å². The minimum atomic E-state index is -0.323. The Balaban J connectivity index is 2.28. The Morgan fingerprint density at radius 3 is 2.84 bits per heavy atom. The predicted octanol–water partition coefficient (Wildman–Crippen LogP) is 3.82. The number of hydrogen-bond donors (Lipinski definition) is 0. The number of anilines is 1. The van der Waals surface area contributed by atoms with Gasteiger partial charge in [0.1, 0.15) is 0 Å². The van der Waals surface area contributed by atoms with E-state index < -0.39 is 0 Å². The summed E-state index contributed by atoms with van der Waals surface area (Å²) in [6.07, 6.45) is 0. The predicted molar refractivity (Wildman–Crippen MR) is 84.5 cm³/mol. The molecule has 0 spiro atoms. The third-order valence-electron chi connectivity index (χ3n) is 3.19. The molecule has 4 nitrogen and oxygen atoms in total. The number of nitro groups is 1. The highest BCUT2D eigenvalue weighted by Gasteiger charge is 2.27. The Morgan fingerprint density at radius 1 is 1.53 bits per heavy atom. The maximum Gasteiger partial charge on any atom is 0.273 e. The van der Waals surface area contributed by atoms with Crippen molar-refractivity contribution in [3.8, 4) is 0 Å². The van der Waals surface area contributed by atoms with Crippen LogP contribution in [-0.4, -0.2) is 28.5 Å².